The molecule has 1 aromatic carbocycles. The molecule has 0 atom stereocenters. The summed E-state index contributed by atoms with van der Waals surface area (Å²) in [7, 11) is 0. The summed E-state index contributed by atoms with van der Waals surface area (Å²) in [6, 6.07) is 10.2. The first-order valence-corrected chi connectivity index (χ1v) is 7.80. The van der Waals surface area contributed by atoms with Crippen LogP contribution in [0.2, 0.25) is 0 Å². The molecular weight excluding hydrogens is 266 g/mol. The molecule has 0 amide bonds. The third-order valence-corrected chi connectivity index (χ3v) is 4.96. The van der Waals surface area contributed by atoms with Gasteiger partial charge in [-0.15, -0.1) is 11.3 Å². The molecule has 4 rings (SSSR count). The maximum Gasteiger partial charge on any atom is 0.144 e. The number of hydrogen-bond donors (Lipinski definition) is 0. The lowest BCUT2D eigenvalue weighted by atomic mass is 9.99. The Kier molecular flexibility index (Phi) is 2.89. The van der Waals surface area contributed by atoms with Crippen LogP contribution in [0.5, 0.6) is 0 Å². The zero-order valence-electron chi connectivity index (χ0n) is 11.1. The van der Waals surface area contributed by atoms with Gasteiger partial charge in [-0.2, -0.15) is 5.10 Å². The van der Waals surface area contributed by atoms with Crippen LogP contribution in [0.1, 0.15) is 28.8 Å². The molecule has 3 aromatic rings. The highest BCUT2D eigenvalue weighted by molar-refractivity contribution is 7.18. The molecule has 1 aliphatic rings. The number of rotatable bonds is 2. The van der Waals surface area contributed by atoms with E-state index >= 15 is 0 Å². The van der Waals surface area contributed by atoms with Crippen molar-refractivity contribution in [2.45, 2.75) is 25.7 Å². The van der Waals surface area contributed by atoms with Gasteiger partial charge < -0.3 is 0 Å². The van der Waals surface area contributed by atoms with Crippen LogP contribution in [0.25, 0.3) is 10.3 Å². The monoisotopic (exact) mass is 281 g/mol. The molecule has 20 heavy (non-hydrogen) atoms. The van der Waals surface area contributed by atoms with Crippen LogP contribution < -0.4 is 0 Å². The van der Waals surface area contributed by atoms with Crippen molar-refractivity contribution in [3.8, 4) is 0 Å². The fourth-order valence-electron chi connectivity index (χ4n) is 2.78. The molecule has 0 fully saturated rings. The molecule has 0 saturated heterocycles. The van der Waals surface area contributed by atoms with Gasteiger partial charge in [-0.05, 0) is 36.8 Å². The van der Waals surface area contributed by atoms with Crippen molar-refractivity contribution in [2.24, 2.45) is 5.10 Å². The Hall–Kier alpha value is -1.94. The van der Waals surface area contributed by atoms with Gasteiger partial charge in [0.1, 0.15) is 16.7 Å². The van der Waals surface area contributed by atoms with Crippen molar-refractivity contribution < 1.29 is 0 Å². The number of aromatic nitrogens is 2. The number of thiophene rings is 1. The predicted molar refractivity (Wildman–Crippen MR) is 83.7 cm³/mol. The molecule has 2 heterocycles. The zero-order chi connectivity index (χ0) is 13.4. The van der Waals surface area contributed by atoms with Gasteiger partial charge in [0, 0.05) is 4.88 Å². The topological polar surface area (TPSA) is 30.2 Å². The molecule has 100 valence electrons. The summed E-state index contributed by atoms with van der Waals surface area (Å²) in [5, 5.41) is 4.58. The fraction of sp³-hybridized carbons (Fsp3) is 0.250. The Morgan fingerprint density at radius 3 is 2.90 bits per heavy atom. The van der Waals surface area contributed by atoms with Gasteiger partial charge in [-0.3, -0.25) is 0 Å². The van der Waals surface area contributed by atoms with Crippen molar-refractivity contribution in [3.63, 3.8) is 0 Å². The Morgan fingerprint density at radius 1 is 1.15 bits per heavy atom. The normalized spacial score (nSPS) is 15.0. The summed E-state index contributed by atoms with van der Waals surface area (Å²) >= 11 is 1.84. The molecule has 2 aromatic heterocycles. The maximum absolute atomic E-state index is 4.58. The molecular formula is C16H15N3S. The van der Waals surface area contributed by atoms with Crippen molar-refractivity contribution >= 4 is 27.9 Å². The molecule has 0 saturated carbocycles. The Morgan fingerprint density at radius 2 is 2.00 bits per heavy atom. The largest absolute Gasteiger partial charge is 0.224 e. The number of aryl methyl sites for hydroxylation is 2. The number of hydrogen-bond acceptors (Lipinski definition) is 3. The van der Waals surface area contributed by atoms with Gasteiger partial charge in [0.05, 0.1) is 6.21 Å². The van der Waals surface area contributed by atoms with Gasteiger partial charge >= 0.3 is 0 Å². The summed E-state index contributed by atoms with van der Waals surface area (Å²) in [4.78, 5) is 7.14. The van der Waals surface area contributed by atoms with E-state index in [1.54, 1.807) is 0 Å². The molecule has 0 N–H and O–H groups in total. The third-order valence-electron chi connectivity index (χ3n) is 3.77. The first-order chi connectivity index (χ1) is 9.92. The smallest absolute Gasteiger partial charge is 0.144 e. The third kappa shape index (κ3) is 1.96. The second-order valence-corrected chi connectivity index (χ2v) is 6.19. The van der Waals surface area contributed by atoms with Crippen LogP contribution in [0, 0.1) is 0 Å². The van der Waals surface area contributed by atoms with Gasteiger partial charge in [0.15, 0.2) is 0 Å². The van der Waals surface area contributed by atoms with Crippen molar-refractivity contribution in [3.05, 3.63) is 52.7 Å². The Labute approximate surface area is 121 Å². The predicted octanol–water partition coefficient (Wildman–Crippen LogP) is 3.86. The van der Waals surface area contributed by atoms with E-state index in [-0.39, 0.29) is 0 Å². The SMILES string of the molecule is C(=N\n1cnc2sc3c(c21)CCCC3)/c1ccccc1. The van der Waals surface area contributed by atoms with E-state index in [0.29, 0.717) is 0 Å². The van der Waals surface area contributed by atoms with E-state index in [2.05, 4.69) is 22.2 Å². The standard InChI is InChI=1S/C16H15N3S/c1-2-6-12(7-3-1)10-18-19-11-17-16-15(19)13-8-4-5-9-14(13)20-16/h1-3,6-7,10-11H,4-5,8-9H2/b18-10+. The van der Waals surface area contributed by atoms with Gasteiger partial charge in [-0.25, -0.2) is 9.66 Å². The summed E-state index contributed by atoms with van der Waals surface area (Å²) in [6.45, 7) is 0. The van der Waals surface area contributed by atoms with Crippen molar-refractivity contribution in [1.82, 2.24) is 9.66 Å². The quantitative estimate of drug-likeness (QED) is 0.656. The van der Waals surface area contributed by atoms with Crippen LogP contribution in [0.4, 0.5) is 0 Å². The second kappa shape index (κ2) is 4.87. The summed E-state index contributed by atoms with van der Waals surface area (Å²) in [5.41, 5.74) is 3.80. The van der Waals surface area contributed by atoms with E-state index in [1.165, 1.54) is 41.6 Å². The number of imidazole rings is 1. The van der Waals surface area contributed by atoms with E-state index in [0.717, 1.165) is 10.4 Å². The number of benzene rings is 1. The fourth-order valence-corrected chi connectivity index (χ4v) is 3.99. The Bertz CT molecular complexity index is 768. The average molecular weight is 281 g/mol. The highest BCUT2D eigenvalue weighted by Gasteiger charge is 2.19. The molecule has 4 heteroatoms. The van der Waals surface area contributed by atoms with E-state index in [1.807, 2.05) is 46.8 Å². The first kappa shape index (κ1) is 11.9. The summed E-state index contributed by atoms with van der Waals surface area (Å²) in [6.07, 6.45) is 8.69. The lowest BCUT2D eigenvalue weighted by molar-refractivity contribution is 0.696. The lowest BCUT2D eigenvalue weighted by Gasteiger charge is -2.10. The summed E-state index contributed by atoms with van der Waals surface area (Å²) < 4.78 is 1.93. The number of fused-ring (bicyclic) bond motifs is 3. The van der Waals surface area contributed by atoms with Gasteiger partial charge in [0.2, 0.25) is 0 Å². The van der Waals surface area contributed by atoms with Crippen LogP contribution in [0.15, 0.2) is 41.8 Å². The van der Waals surface area contributed by atoms with Gasteiger partial charge in [-0.1, -0.05) is 30.3 Å². The molecule has 1 aliphatic carbocycles. The van der Waals surface area contributed by atoms with E-state index in [4.69, 9.17) is 0 Å². The van der Waals surface area contributed by atoms with Crippen LogP contribution >= 0.6 is 11.3 Å². The minimum absolute atomic E-state index is 1.11. The summed E-state index contributed by atoms with van der Waals surface area (Å²) in [5.74, 6) is 0. The van der Waals surface area contributed by atoms with Crippen LogP contribution in [-0.4, -0.2) is 15.9 Å². The average Bonchev–Trinajstić information content (AvgIpc) is 3.05. The highest BCUT2D eigenvalue weighted by Crippen LogP contribution is 2.35. The lowest BCUT2D eigenvalue weighted by Crippen LogP contribution is -2.00. The van der Waals surface area contributed by atoms with Crippen molar-refractivity contribution in [1.29, 1.82) is 0 Å². The number of nitrogens with zero attached hydrogens (tertiary/aromatic N) is 3. The van der Waals surface area contributed by atoms with Crippen molar-refractivity contribution in [2.75, 3.05) is 0 Å². The van der Waals surface area contributed by atoms with Crippen LogP contribution in [0.3, 0.4) is 0 Å². The van der Waals surface area contributed by atoms with E-state index in [9.17, 15) is 0 Å². The van der Waals surface area contributed by atoms with Gasteiger partial charge in [0.25, 0.3) is 0 Å². The zero-order valence-corrected chi connectivity index (χ0v) is 11.9. The van der Waals surface area contributed by atoms with E-state index < -0.39 is 0 Å². The molecule has 0 unspecified atom stereocenters. The maximum atomic E-state index is 4.58. The molecule has 0 aliphatic heterocycles. The highest BCUT2D eigenvalue weighted by atomic mass is 32.1. The molecule has 0 bridgehead atoms. The minimum atomic E-state index is 1.11. The van der Waals surface area contributed by atoms with Crippen LogP contribution in [-0.2, 0) is 12.8 Å². The first-order valence-electron chi connectivity index (χ1n) is 6.99. The molecule has 0 spiro atoms. The molecule has 0 radical (unpaired) electrons. The minimum Gasteiger partial charge on any atom is -0.224 e. The second-order valence-electron chi connectivity index (χ2n) is 5.11. The Balaban J connectivity index is 1.77. The molecule has 3 nitrogen and oxygen atoms in total.